The van der Waals surface area contributed by atoms with Crippen LogP contribution in [0.4, 0.5) is 4.39 Å². The summed E-state index contributed by atoms with van der Waals surface area (Å²) in [5.74, 6) is -0.256. The molecule has 1 rings (SSSR count). The van der Waals surface area contributed by atoms with Gasteiger partial charge in [-0.15, -0.1) is 0 Å². The monoisotopic (exact) mass is 231 g/mol. The zero-order chi connectivity index (χ0) is 11.1. The molecule has 0 spiro atoms. The molecule has 2 nitrogen and oxygen atoms in total. The minimum atomic E-state index is -0.256. The van der Waals surface area contributed by atoms with Crippen LogP contribution in [0.3, 0.4) is 0 Å². The highest BCUT2D eigenvalue weighted by Crippen LogP contribution is 2.16. The molecule has 0 aliphatic rings. The lowest BCUT2D eigenvalue weighted by atomic mass is 10.2. The standard InChI is InChI=1S/C11H15ClFNO/c1-15-6-2-5-14-8-9-7-10(13)3-4-11(9)12/h3-4,7,14H,2,5-6,8H2,1H3. The third kappa shape index (κ3) is 4.60. The van der Waals surface area contributed by atoms with Crippen molar-refractivity contribution in [3.05, 3.63) is 34.6 Å². The Morgan fingerprint density at radius 2 is 2.27 bits per heavy atom. The van der Waals surface area contributed by atoms with Crippen molar-refractivity contribution in [2.45, 2.75) is 13.0 Å². The normalized spacial score (nSPS) is 10.6. The average molecular weight is 232 g/mol. The molecule has 0 aliphatic heterocycles. The van der Waals surface area contributed by atoms with Crippen LogP contribution >= 0.6 is 11.6 Å². The van der Waals surface area contributed by atoms with Crippen molar-refractivity contribution in [3.8, 4) is 0 Å². The van der Waals surface area contributed by atoms with E-state index in [9.17, 15) is 4.39 Å². The van der Waals surface area contributed by atoms with Crippen LogP contribution in [0, 0.1) is 5.82 Å². The summed E-state index contributed by atoms with van der Waals surface area (Å²) in [6, 6.07) is 4.38. The molecule has 4 heteroatoms. The molecule has 0 unspecified atom stereocenters. The van der Waals surface area contributed by atoms with Crippen molar-refractivity contribution in [2.24, 2.45) is 0 Å². The molecule has 0 amide bonds. The number of hydrogen-bond acceptors (Lipinski definition) is 2. The molecule has 84 valence electrons. The van der Waals surface area contributed by atoms with Crippen LogP contribution in [0.25, 0.3) is 0 Å². The smallest absolute Gasteiger partial charge is 0.123 e. The van der Waals surface area contributed by atoms with Gasteiger partial charge in [0.15, 0.2) is 0 Å². The first-order valence-corrected chi connectivity index (χ1v) is 5.25. The first kappa shape index (κ1) is 12.4. The van der Waals surface area contributed by atoms with E-state index in [2.05, 4.69) is 5.32 Å². The summed E-state index contributed by atoms with van der Waals surface area (Å²) >= 11 is 5.90. The third-order valence-corrected chi connectivity index (χ3v) is 2.39. The molecule has 0 aromatic heterocycles. The second kappa shape index (κ2) is 6.77. The van der Waals surface area contributed by atoms with Gasteiger partial charge in [-0.25, -0.2) is 4.39 Å². The van der Waals surface area contributed by atoms with Gasteiger partial charge in [0.05, 0.1) is 0 Å². The number of rotatable bonds is 6. The summed E-state index contributed by atoms with van der Waals surface area (Å²) in [6.07, 6.45) is 0.934. The van der Waals surface area contributed by atoms with Crippen LogP contribution in [0.2, 0.25) is 5.02 Å². The van der Waals surface area contributed by atoms with Crippen LogP contribution < -0.4 is 5.32 Å². The SMILES string of the molecule is COCCCNCc1cc(F)ccc1Cl. The van der Waals surface area contributed by atoms with E-state index in [1.165, 1.54) is 12.1 Å². The molecule has 0 saturated heterocycles. The molecule has 1 aromatic rings. The minimum absolute atomic E-state index is 0.256. The average Bonchev–Trinajstić information content (AvgIpc) is 2.23. The second-order valence-corrected chi connectivity index (χ2v) is 3.67. The fraction of sp³-hybridized carbons (Fsp3) is 0.455. The Bertz CT molecular complexity index is 307. The number of nitrogens with one attached hydrogen (secondary N) is 1. The van der Waals surface area contributed by atoms with Gasteiger partial charge in [0.1, 0.15) is 5.82 Å². The van der Waals surface area contributed by atoms with E-state index < -0.39 is 0 Å². The largest absolute Gasteiger partial charge is 0.385 e. The van der Waals surface area contributed by atoms with Crippen molar-refractivity contribution < 1.29 is 9.13 Å². The number of ether oxygens (including phenoxy) is 1. The Kier molecular flexibility index (Phi) is 5.61. The van der Waals surface area contributed by atoms with Crippen LogP contribution in [0.5, 0.6) is 0 Å². The van der Waals surface area contributed by atoms with Crippen molar-refractivity contribution >= 4 is 11.6 Å². The highest BCUT2D eigenvalue weighted by molar-refractivity contribution is 6.31. The third-order valence-electron chi connectivity index (χ3n) is 2.03. The van der Waals surface area contributed by atoms with Gasteiger partial charge in [0.25, 0.3) is 0 Å². The predicted octanol–water partition coefficient (Wildman–Crippen LogP) is 2.61. The van der Waals surface area contributed by atoms with Gasteiger partial charge in [-0.3, -0.25) is 0 Å². The Morgan fingerprint density at radius 1 is 1.47 bits per heavy atom. The molecule has 0 atom stereocenters. The van der Waals surface area contributed by atoms with Gasteiger partial charge >= 0.3 is 0 Å². The number of benzene rings is 1. The van der Waals surface area contributed by atoms with E-state index in [4.69, 9.17) is 16.3 Å². The van der Waals surface area contributed by atoms with Gasteiger partial charge in [0.2, 0.25) is 0 Å². The molecule has 0 fully saturated rings. The lowest BCUT2D eigenvalue weighted by Crippen LogP contribution is -2.16. The van der Waals surface area contributed by atoms with E-state index in [1.807, 2.05) is 0 Å². The molecule has 1 N–H and O–H groups in total. The van der Waals surface area contributed by atoms with E-state index in [0.29, 0.717) is 11.6 Å². The van der Waals surface area contributed by atoms with E-state index >= 15 is 0 Å². The van der Waals surface area contributed by atoms with E-state index in [-0.39, 0.29) is 5.82 Å². The molecular weight excluding hydrogens is 217 g/mol. The predicted molar refractivity (Wildman–Crippen MR) is 59.6 cm³/mol. The Balaban J connectivity index is 2.33. The molecule has 0 saturated carbocycles. The van der Waals surface area contributed by atoms with Gasteiger partial charge in [-0.1, -0.05) is 11.6 Å². The maximum absolute atomic E-state index is 12.9. The minimum Gasteiger partial charge on any atom is -0.385 e. The van der Waals surface area contributed by atoms with Gasteiger partial charge in [-0.2, -0.15) is 0 Å². The number of hydrogen-bond donors (Lipinski definition) is 1. The Labute approximate surface area is 94.4 Å². The molecule has 0 aliphatic carbocycles. The number of halogens is 2. The molecule has 1 aromatic carbocycles. The summed E-state index contributed by atoms with van der Waals surface area (Å²) in [5.41, 5.74) is 0.786. The molecule has 0 bridgehead atoms. The molecular formula is C11H15ClFNO. The molecule has 15 heavy (non-hydrogen) atoms. The fourth-order valence-electron chi connectivity index (χ4n) is 1.24. The lowest BCUT2D eigenvalue weighted by Gasteiger charge is -2.06. The summed E-state index contributed by atoms with van der Waals surface area (Å²) in [5, 5.41) is 3.77. The summed E-state index contributed by atoms with van der Waals surface area (Å²) < 4.78 is 17.8. The summed E-state index contributed by atoms with van der Waals surface area (Å²) in [4.78, 5) is 0. The van der Waals surface area contributed by atoms with Crippen LogP contribution in [0.1, 0.15) is 12.0 Å². The van der Waals surface area contributed by atoms with Gasteiger partial charge in [-0.05, 0) is 36.7 Å². The summed E-state index contributed by atoms with van der Waals surface area (Å²) in [6.45, 7) is 2.14. The lowest BCUT2D eigenvalue weighted by molar-refractivity contribution is 0.194. The summed E-state index contributed by atoms with van der Waals surface area (Å²) in [7, 11) is 1.67. The van der Waals surface area contributed by atoms with Crippen molar-refractivity contribution in [3.63, 3.8) is 0 Å². The quantitative estimate of drug-likeness (QED) is 0.760. The Morgan fingerprint density at radius 3 is 3.00 bits per heavy atom. The molecule has 0 radical (unpaired) electrons. The zero-order valence-electron chi connectivity index (χ0n) is 8.72. The maximum Gasteiger partial charge on any atom is 0.123 e. The van der Waals surface area contributed by atoms with E-state index in [1.54, 1.807) is 13.2 Å². The maximum atomic E-state index is 12.9. The van der Waals surface area contributed by atoms with Gasteiger partial charge < -0.3 is 10.1 Å². The molecule has 0 heterocycles. The number of methoxy groups -OCH3 is 1. The van der Waals surface area contributed by atoms with Crippen LogP contribution in [0.15, 0.2) is 18.2 Å². The fourth-order valence-corrected chi connectivity index (χ4v) is 1.43. The van der Waals surface area contributed by atoms with Crippen LogP contribution in [-0.2, 0) is 11.3 Å². The first-order chi connectivity index (χ1) is 7.24. The first-order valence-electron chi connectivity index (χ1n) is 4.87. The topological polar surface area (TPSA) is 21.3 Å². The van der Waals surface area contributed by atoms with Crippen molar-refractivity contribution in [1.29, 1.82) is 0 Å². The second-order valence-electron chi connectivity index (χ2n) is 3.26. The Hall–Kier alpha value is -0.640. The highest BCUT2D eigenvalue weighted by atomic mass is 35.5. The zero-order valence-corrected chi connectivity index (χ0v) is 9.48. The highest BCUT2D eigenvalue weighted by Gasteiger charge is 2.01. The van der Waals surface area contributed by atoms with Crippen LogP contribution in [-0.4, -0.2) is 20.3 Å². The van der Waals surface area contributed by atoms with Crippen molar-refractivity contribution in [1.82, 2.24) is 5.32 Å². The van der Waals surface area contributed by atoms with Crippen molar-refractivity contribution in [2.75, 3.05) is 20.3 Å². The van der Waals surface area contributed by atoms with E-state index in [0.717, 1.165) is 25.1 Å². The van der Waals surface area contributed by atoms with Gasteiger partial charge in [0, 0.05) is 25.3 Å².